The Morgan fingerprint density at radius 3 is 3.00 bits per heavy atom. The van der Waals surface area contributed by atoms with Crippen LogP contribution in [0, 0.1) is 0 Å². The summed E-state index contributed by atoms with van der Waals surface area (Å²) in [4.78, 5) is 0. The summed E-state index contributed by atoms with van der Waals surface area (Å²) in [6.07, 6.45) is 1.83. The van der Waals surface area contributed by atoms with Crippen LogP contribution < -0.4 is 0 Å². The predicted octanol–water partition coefficient (Wildman–Crippen LogP) is 0.0998. The lowest BCUT2D eigenvalue weighted by Crippen LogP contribution is -2.19. The third-order valence-corrected chi connectivity index (χ3v) is 2.26. The molecular formula is C8H16O4S. The van der Waals surface area contributed by atoms with E-state index in [1.165, 1.54) is 0 Å². The zero-order valence-corrected chi connectivity index (χ0v) is 8.59. The van der Waals surface area contributed by atoms with Gasteiger partial charge in [-0.15, -0.1) is 0 Å². The molecule has 1 aliphatic rings. The number of epoxide rings is 1. The van der Waals surface area contributed by atoms with Crippen molar-refractivity contribution in [1.82, 2.24) is 0 Å². The molecule has 0 aliphatic carbocycles. The summed E-state index contributed by atoms with van der Waals surface area (Å²) >= 11 is 1.60. The van der Waals surface area contributed by atoms with Crippen LogP contribution in [0.5, 0.6) is 0 Å². The van der Waals surface area contributed by atoms with Gasteiger partial charge in [0, 0.05) is 5.75 Å². The van der Waals surface area contributed by atoms with Crippen LogP contribution in [0.1, 0.15) is 0 Å². The van der Waals surface area contributed by atoms with Crippen LogP contribution in [-0.2, 0) is 14.2 Å². The first-order valence-corrected chi connectivity index (χ1v) is 5.66. The average Bonchev–Trinajstić information content (AvgIpc) is 2.88. The fourth-order valence-corrected chi connectivity index (χ4v) is 1.31. The maximum Gasteiger partial charge on any atom is 0.146 e. The Labute approximate surface area is 82.5 Å². The lowest BCUT2D eigenvalue weighted by atomic mass is 10.4. The van der Waals surface area contributed by atoms with E-state index < -0.39 is 6.10 Å². The number of rotatable bonds is 8. The Bertz CT molecular complexity index is 129. The third kappa shape index (κ3) is 6.29. The molecule has 0 aromatic carbocycles. The van der Waals surface area contributed by atoms with E-state index in [4.69, 9.17) is 14.2 Å². The molecule has 1 fully saturated rings. The van der Waals surface area contributed by atoms with E-state index in [2.05, 4.69) is 0 Å². The van der Waals surface area contributed by atoms with E-state index >= 15 is 0 Å². The van der Waals surface area contributed by atoms with Crippen molar-refractivity contribution in [2.45, 2.75) is 12.2 Å². The Kier molecular flexibility index (Phi) is 5.73. The second kappa shape index (κ2) is 6.62. The van der Waals surface area contributed by atoms with Gasteiger partial charge < -0.3 is 19.3 Å². The molecule has 0 amide bonds. The Hall–Kier alpha value is 0.190. The minimum atomic E-state index is -0.393. The summed E-state index contributed by atoms with van der Waals surface area (Å²) in [6.45, 7) is 1.98. The molecule has 0 radical (unpaired) electrons. The van der Waals surface area contributed by atoms with Gasteiger partial charge in [0.15, 0.2) is 0 Å². The van der Waals surface area contributed by atoms with E-state index in [1.807, 2.05) is 6.26 Å². The maximum atomic E-state index is 9.24. The van der Waals surface area contributed by atoms with Crippen molar-refractivity contribution in [2.24, 2.45) is 0 Å². The Morgan fingerprint density at radius 2 is 2.38 bits per heavy atom. The van der Waals surface area contributed by atoms with Gasteiger partial charge in [-0.1, -0.05) is 0 Å². The molecule has 0 aromatic rings. The molecule has 78 valence electrons. The van der Waals surface area contributed by atoms with Gasteiger partial charge in [0.1, 0.15) is 12.9 Å². The molecule has 0 bridgehead atoms. The van der Waals surface area contributed by atoms with Gasteiger partial charge in [0.25, 0.3) is 0 Å². The number of hydrogen-bond donors (Lipinski definition) is 1. The number of aliphatic hydroxyl groups is 1. The molecule has 2 atom stereocenters. The molecule has 1 N–H and O–H groups in total. The molecule has 1 aliphatic heterocycles. The van der Waals surface area contributed by atoms with E-state index in [0.717, 1.165) is 6.61 Å². The first kappa shape index (κ1) is 11.3. The summed E-state index contributed by atoms with van der Waals surface area (Å²) < 4.78 is 15.1. The van der Waals surface area contributed by atoms with Crippen molar-refractivity contribution in [3.63, 3.8) is 0 Å². The zero-order chi connectivity index (χ0) is 9.52. The van der Waals surface area contributed by atoms with Crippen LogP contribution in [0.3, 0.4) is 0 Å². The number of aliphatic hydroxyl groups excluding tert-OH is 1. The zero-order valence-electron chi connectivity index (χ0n) is 7.77. The molecule has 1 heterocycles. The van der Waals surface area contributed by atoms with Crippen molar-refractivity contribution in [3.05, 3.63) is 0 Å². The normalized spacial score (nSPS) is 23.1. The molecule has 13 heavy (non-hydrogen) atoms. The highest BCUT2D eigenvalue weighted by Crippen LogP contribution is 2.08. The van der Waals surface area contributed by atoms with Gasteiger partial charge in [-0.05, 0) is 6.26 Å². The Morgan fingerprint density at radius 1 is 1.62 bits per heavy atom. The number of thioether (sulfide) groups is 1. The van der Waals surface area contributed by atoms with Gasteiger partial charge in [0.05, 0.1) is 25.9 Å². The molecule has 1 saturated heterocycles. The largest absolute Gasteiger partial charge is 0.390 e. The predicted molar refractivity (Wildman–Crippen MR) is 50.9 cm³/mol. The van der Waals surface area contributed by atoms with E-state index in [9.17, 15) is 5.11 Å². The maximum absolute atomic E-state index is 9.24. The Balaban J connectivity index is 1.76. The van der Waals surface area contributed by atoms with E-state index in [0.29, 0.717) is 19.0 Å². The van der Waals surface area contributed by atoms with Crippen LogP contribution in [0.15, 0.2) is 0 Å². The average molecular weight is 208 g/mol. The third-order valence-electron chi connectivity index (χ3n) is 1.54. The fourth-order valence-electron chi connectivity index (χ4n) is 0.827. The standard InChI is InChI=1S/C8H16O4S/c1-13-5-7(9)2-10-6-11-3-8-4-12-8/h7-9H,2-6H2,1H3. The van der Waals surface area contributed by atoms with E-state index in [-0.39, 0.29) is 12.9 Å². The molecule has 4 nitrogen and oxygen atoms in total. The molecule has 5 heteroatoms. The second-order valence-electron chi connectivity index (χ2n) is 2.92. The van der Waals surface area contributed by atoms with Gasteiger partial charge in [0.2, 0.25) is 0 Å². The molecule has 1 rings (SSSR count). The SMILES string of the molecule is CSCC(O)COCOCC1CO1. The van der Waals surface area contributed by atoms with Gasteiger partial charge in [-0.25, -0.2) is 0 Å². The summed E-state index contributed by atoms with van der Waals surface area (Å²) in [7, 11) is 0. The monoisotopic (exact) mass is 208 g/mol. The highest BCUT2D eigenvalue weighted by atomic mass is 32.2. The van der Waals surface area contributed by atoms with Gasteiger partial charge >= 0.3 is 0 Å². The quantitative estimate of drug-likeness (QED) is 0.348. The fraction of sp³-hybridized carbons (Fsp3) is 1.00. The molecule has 0 saturated carbocycles. The summed E-state index contributed by atoms with van der Waals surface area (Å²) in [5, 5.41) is 9.24. The lowest BCUT2D eigenvalue weighted by molar-refractivity contribution is -0.0778. The van der Waals surface area contributed by atoms with Crippen LogP contribution in [0.4, 0.5) is 0 Å². The smallest absolute Gasteiger partial charge is 0.146 e. The minimum absolute atomic E-state index is 0.241. The number of hydrogen-bond acceptors (Lipinski definition) is 5. The van der Waals surface area contributed by atoms with Crippen molar-refractivity contribution in [1.29, 1.82) is 0 Å². The second-order valence-corrected chi connectivity index (χ2v) is 3.83. The van der Waals surface area contributed by atoms with Gasteiger partial charge in [-0.3, -0.25) is 0 Å². The molecular weight excluding hydrogens is 192 g/mol. The minimum Gasteiger partial charge on any atom is -0.390 e. The molecule has 0 aromatic heterocycles. The van der Waals surface area contributed by atoms with Crippen molar-refractivity contribution >= 4 is 11.8 Å². The highest BCUT2D eigenvalue weighted by molar-refractivity contribution is 7.98. The summed E-state index contributed by atoms with van der Waals surface area (Å²) in [6, 6.07) is 0. The molecule has 0 spiro atoms. The van der Waals surface area contributed by atoms with Crippen molar-refractivity contribution < 1.29 is 19.3 Å². The van der Waals surface area contributed by atoms with Crippen LogP contribution >= 0.6 is 11.8 Å². The first-order chi connectivity index (χ1) is 6.33. The van der Waals surface area contributed by atoms with Crippen molar-refractivity contribution in [2.75, 3.05) is 38.6 Å². The lowest BCUT2D eigenvalue weighted by Gasteiger charge is -2.09. The van der Waals surface area contributed by atoms with Crippen LogP contribution in [0.25, 0.3) is 0 Å². The number of ether oxygens (including phenoxy) is 3. The molecule has 2 unspecified atom stereocenters. The van der Waals surface area contributed by atoms with Crippen LogP contribution in [0.2, 0.25) is 0 Å². The summed E-state index contributed by atoms with van der Waals surface area (Å²) in [5.74, 6) is 0.700. The van der Waals surface area contributed by atoms with Gasteiger partial charge in [-0.2, -0.15) is 11.8 Å². The highest BCUT2D eigenvalue weighted by Gasteiger charge is 2.22. The first-order valence-electron chi connectivity index (χ1n) is 4.27. The topological polar surface area (TPSA) is 51.2 Å². The van der Waals surface area contributed by atoms with E-state index in [1.54, 1.807) is 11.8 Å². The van der Waals surface area contributed by atoms with Crippen LogP contribution in [-0.4, -0.2) is 55.9 Å². The van der Waals surface area contributed by atoms with Crippen molar-refractivity contribution in [3.8, 4) is 0 Å². The summed E-state index contributed by atoms with van der Waals surface area (Å²) in [5.41, 5.74) is 0.